The van der Waals surface area contributed by atoms with E-state index in [-0.39, 0.29) is 5.82 Å². The fraction of sp³-hybridized carbons (Fsp3) is 0.227. The van der Waals surface area contributed by atoms with Crippen molar-refractivity contribution >= 4 is 22.7 Å². The summed E-state index contributed by atoms with van der Waals surface area (Å²) in [6.07, 6.45) is 0. The topological polar surface area (TPSA) is 43.6 Å². The van der Waals surface area contributed by atoms with Crippen molar-refractivity contribution in [3.05, 3.63) is 72.2 Å². The molecule has 0 radical (unpaired) electrons. The van der Waals surface area contributed by atoms with Crippen LogP contribution in [0.1, 0.15) is 19.5 Å². The number of hydrogen-bond acceptors (Lipinski definition) is 4. The van der Waals surface area contributed by atoms with Crippen LogP contribution in [-0.4, -0.2) is 19.7 Å². The maximum absolute atomic E-state index is 14.3. The summed E-state index contributed by atoms with van der Waals surface area (Å²) in [5.41, 5.74) is 2.44. The lowest BCUT2D eigenvalue weighted by Crippen LogP contribution is -2.08. The minimum Gasteiger partial charge on any atom is -0.302 e. The van der Waals surface area contributed by atoms with Crippen LogP contribution in [0.5, 0.6) is 0 Å². The van der Waals surface area contributed by atoms with E-state index >= 15 is 0 Å². The molecule has 2 heterocycles. The molecule has 0 N–H and O–H groups in total. The first-order valence-electron chi connectivity index (χ1n) is 9.27. The second-order valence-corrected chi connectivity index (χ2v) is 8.02. The summed E-state index contributed by atoms with van der Waals surface area (Å²) in [4.78, 5) is 4.72. The molecule has 0 bridgehead atoms. The van der Waals surface area contributed by atoms with Gasteiger partial charge in [-0.2, -0.15) is 0 Å². The quantitative estimate of drug-likeness (QED) is 0.402. The molecule has 4 rings (SSSR count). The summed E-state index contributed by atoms with van der Waals surface area (Å²) in [6.45, 7) is 4.99. The Morgan fingerprint density at radius 2 is 1.75 bits per heavy atom. The average molecular weight is 393 g/mol. The molecule has 6 heteroatoms. The van der Waals surface area contributed by atoms with E-state index < -0.39 is 0 Å². The van der Waals surface area contributed by atoms with E-state index in [0.29, 0.717) is 23.1 Å². The van der Waals surface area contributed by atoms with E-state index in [9.17, 15) is 4.39 Å². The SMILES string of the molecule is CC(C)Cn1c(SCc2ccc3ccccc3n2)nnc1-c1ccccc1F. The zero-order chi connectivity index (χ0) is 19.5. The number of rotatable bonds is 6. The summed E-state index contributed by atoms with van der Waals surface area (Å²) in [5, 5.41) is 10.5. The molecule has 0 unspecified atom stereocenters. The molecule has 0 saturated carbocycles. The highest BCUT2D eigenvalue weighted by Gasteiger charge is 2.18. The molecule has 0 aliphatic carbocycles. The van der Waals surface area contributed by atoms with Gasteiger partial charge in [-0.1, -0.05) is 62.0 Å². The predicted octanol–water partition coefficient (Wildman–Crippen LogP) is 5.58. The second-order valence-electron chi connectivity index (χ2n) is 7.07. The van der Waals surface area contributed by atoms with Gasteiger partial charge in [0.05, 0.1) is 16.8 Å². The van der Waals surface area contributed by atoms with Crippen molar-refractivity contribution in [2.24, 2.45) is 5.92 Å². The van der Waals surface area contributed by atoms with Crippen LogP contribution in [0.15, 0.2) is 65.8 Å². The van der Waals surface area contributed by atoms with Gasteiger partial charge in [-0.05, 0) is 30.2 Å². The highest BCUT2D eigenvalue weighted by Crippen LogP contribution is 2.28. The lowest BCUT2D eigenvalue weighted by atomic mass is 10.2. The van der Waals surface area contributed by atoms with Crippen LogP contribution in [0.2, 0.25) is 0 Å². The number of nitrogens with zero attached hydrogens (tertiary/aromatic N) is 4. The standard InChI is InChI=1S/C22H21FN4S/c1-15(2)13-27-21(18-8-4-5-9-19(18)23)25-26-22(27)28-14-17-12-11-16-7-3-6-10-20(16)24-17/h3-12,15H,13-14H2,1-2H3. The van der Waals surface area contributed by atoms with Gasteiger partial charge < -0.3 is 4.57 Å². The molecule has 0 atom stereocenters. The van der Waals surface area contributed by atoms with Crippen LogP contribution in [0.25, 0.3) is 22.3 Å². The van der Waals surface area contributed by atoms with Gasteiger partial charge in [0, 0.05) is 17.7 Å². The number of fused-ring (bicyclic) bond motifs is 1. The van der Waals surface area contributed by atoms with Crippen LogP contribution in [0.3, 0.4) is 0 Å². The predicted molar refractivity (Wildman–Crippen MR) is 112 cm³/mol. The van der Waals surface area contributed by atoms with Gasteiger partial charge in [0.2, 0.25) is 0 Å². The normalized spacial score (nSPS) is 11.4. The third-order valence-corrected chi connectivity index (χ3v) is 5.38. The van der Waals surface area contributed by atoms with Crippen molar-refractivity contribution in [2.75, 3.05) is 0 Å². The zero-order valence-corrected chi connectivity index (χ0v) is 16.7. The Hall–Kier alpha value is -2.73. The van der Waals surface area contributed by atoms with Crippen LogP contribution in [-0.2, 0) is 12.3 Å². The van der Waals surface area contributed by atoms with Gasteiger partial charge in [-0.3, -0.25) is 4.98 Å². The third-order valence-electron chi connectivity index (χ3n) is 4.38. The van der Waals surface area contributed by atoms with Crippen molar-refractivity contribution in [3.8, 4) is 11.4 Å². The van der Waals surface area contributed by atoms with E-state index in [1.165, 1.54) is 6.07 Å². The molecule has 4 nitrogen and oxygen atoms in total. The smallest absolute Gasteiger partial charge is 0.191 e. The second kappa shape index (κ2) is 8.10. The summed E-state index contributed by atoms with van der Waals surface area (Å²) in [7, 11) is 0. The lowest BCUT2D eigenvalue weighted by Gasteiger charge is -2.13. The molecule has 2 aromatic heterocycles. The van der Waals surface area contributed by atoms with Crippen molar-refractivity contribution < 1.29 is 4.39 Å². The number of thioether (sulfide) groups is 1. The molecule has 0 fully saturated rings. The largest absolute Gasteiger partial charge is 0.302 e. The van der Waals surface area contributed by atoms with Crippen molar-refractivity contribution in [3.63, 3.8) is 0 Å². The number of para-hydroxylation sites is 1. The average Bonchev–Trinajstić information content (AvgIpc) is 3.08. The number of hydrogen-bond donors (Lipinski definition) is 0. The fourth-order valence-electron chi connectivity index (χ4n) is 3.09. The van der Waals surface area contributed by atoms with Gasteiger partial charge in [0.25, 0.3) is 0 Å². The van der Waals surface area contributed by atoms with Gasteiger partial charge in [-0.25, -0.2) is 4.39 Å². The minimum atomic E-state index is -0.285. The molecular formula is C22H21FN4S. The fourth-order valence-corrected chi connectivity index (χ4v) is 3.95. The first-order valence-corrected chi connectivity index (χ1v) is 10.3. The summed E-state index contributed by atoms with van der Waals surface area (Å²) >= 11 is 1.58. The molecule has 142 valence electrons. The Morgan fingerprint density at radius 3 is 2.57 bits per heavy atom. The Labute approximate surface area is 167 Å². The minimum absolute atomic E-state index is 0.285. The Balaban J connectivity index is 1.62. The van der Waals surface area contributed by atoms with Crippen LogP contribution in [0.4, 0.5) is 4.39 Å². The maximum atomic E-state index is 14.3. The summed E-state index contributed by atoms with van der Waals surface area (Å²) in [5.74, 6) is 1.35. The Bertz CT molecular complexity index is 1110. The number of pyridine rings is 1. The molecule has 0 aliphatic rings. The molecule has 0 aliphatic heterocycles. The highest BCUT2D eigenvalue weighted by atomic mass is 32.2. The van der Waals surface area contributed by atoms with Gasteiger partial charge in [-0.15, -0.1) is 10.2 Å². The number of aromatic nitrogens is 4. The maximum Gasteiger partial charge on any atom is 0.191 e. The molecule has 0 amide bonds. The van der Waals surface area contributed by atoms with E-state index in [1.807, 2.05) is 34.9 Å². The van der Waals surface area contributed by atoms with E-state index in [0.717, 1.165) is 28.3 Å². The van der Waals surface area contributed by atoms with E-state index in [1.54, 1.807) is 23.9 Å². The molecule has 4 aromatic rings. The molecular weight excluding hydrogens is 371 g/mol. The lowest BCUT2D eigenvalue weighted by molar-refractivity contribution is 0.496. The van der Waals surface area contributed by atoms with Crippen molar-refractivity contribution in [1.82, 2.24) is 19.7 Å². The first-order chi connectivity index (χ1) is 13.6. The van der Waals surface area contributed by atoms with Gasteiger partial charge in [0.15, 0.2) is 11.0 Å². The number of benzene rings is 2. The first kappa shape index (κ1) is 18.6. The van der Waals surface area contributed by atoms with E-state index in [4.69, 9.17) is 4.98 Å². The molecule has 0 saturated heterocycles. The van der Waals surface area contributed by atoms with Crippen LogP contribution in [0, 0.1) is 11.7 Å². The van der Waals surface area contributed by atoms with Crippen LogP contribution < -0.4 is 0 Å². The van der Waals surface area contributed by atoms with Crippen LogP contribution >= 0.6 is 11.8 Å². The van der Waals surface area contributed by atoms with Crippen molar-refractivity contribution in [1.29, 1.82) is 0 Å². The van der Waals surface area contributed by atoms with Crippen molar-refractivity contribution in [2.45, 2.75) is 31.3 Å². The highest BCUT2D eigenvalue weighted by molar-refractivity contribution is 7.98. The van der Waals surface area contributed by atoms with Gasteiger partial charge in [0.1, 0.15) is 5.82 Å². The summed E-state index contributed by atoms with van der Waals surface area (Å²) in [6, 6.07) is 18.9. The number of halogens is 1. The van der Waals surface area contributed by atoms with E-state index in [2.05, 4.69) is 36.2 Å². The zero-order valence-electron chi connectivity index (χ0n) is 15.8. The monoisotopic (exact) mass is 392 g/mol. The molecule has 28 heavy (non-hydrogen) atoms. The van der Waals surface area contributed by atoms with Gasteiger partial charge >= 0.3 is 0 Å². The Morgan fingerprint density at radius 1 is 0.964 bits per heavy atom. The molecule has 0 spiro atoms. The Kier molecular flexibility index (Phi) is 5.39. The third kappa shape index (κ3) is 3.92. The molecule has 2 aromatic carbocycles. The summed E-state index contributed by atoms with van der Waals surface area (Å²) < 4.78 is 16.3.